The average Bonchev–Trinajstić information content (AvgIpc) is 2.18. The van der Waals surface area contributed by atoms with Crippen molar-refractivity contribution in [2.24, 2.45) is 11.8 Å². The number of carbonyl (C=O) groups excluding carboxylic acids is 2. The molecular formula is C11H16O3. The van der Waals surface area contributed by atoms with Crippen LogP contribution in [0.15, 0.2) is 0 Å². The molecule has 1 saturated heterocycles. The third kappa shape index (κ3) is 2.14. The van der Waals surface area contributed by atoms with Crippen LogP contribution in [0.25, 0.3) is 0 Å². The minimum Gasteiger partial charge on any atom is -0.393 e. The van der Waals surface area contributed by atoms with Gasteiger partial charge in [0.1, 0.15) is 0 Å². The summed E-state index contributed by atoms with van der Waals surface area (Å²) in [6.07, 6.45) is 7.10. The van der Waals surface area contributed by atoms with Crippen LogP contribution in [0.2, 0.25) is 0 Å². The average molecular weight is 196 g/mol. The quantitative estimate of drug-likeness (QED) is 0.476. The summed E-state index contributed by atoms with van der Waals surface area (Å²) in [4.78, 5) is 22.2. The molecule has 2 rings (SSSR count). The Morgan fingerprint density at radius 2 is 1.43 bits per heavy atom. The maximum atomic E-state index is 11.1. The molecule has 0 radical (unpaired) electrons. The van der Waals surface area contributed by atoms with E-state index in [2.05, 4.69) is 4.74 Å². The van der Waals surface area contributed by atoms with Gasteiger partial charge in [-0.05, 0) is 11.8 Å². The van der Waals surface area contributed by atoms with Crippen molar-refractivity contribution in [3.05, 3.63) is 0 Å². The molecule has 1 aliphatic heterocycles. The molecular weight excluding hydrogens is 180 g/mol. The Bertz CT molecular complexity index is 225. The first-order valence-corrected chi connectivity index (χ1v) is 5.49. The number of ether oxygens (including phenoxy) is 1. The largest absolute Gasteiger partial charge is 0.393 e. The van der Waals surface area contributed by atoms with Crippen LogP contribution < -0.4 is 0 Å². The Morgan fingerprint density at radius 1 is 0.857 bits per heavy atom. The summed E-state index contributed by atoms with van der Waals surface area (Å²) in [6, 6.07) is 0. The summed E-state index contributed by atoms with van der Waals surface area (Å²) in [6.45, 7) is 0. The summed E-state index contributed by atoms with van der Waals surface area (Å²) in [5.41, 5.74) is 0. The Hall–Kier alpha value is -0.860. The Balaban J connectivity index is 1.95. The number of rotatable bonds is 1. The lowest BCUT2D eigenvalue weighted by atomic mass is 9.76. The Kier molecular flexibility index (Phi) is 2.85. The topological polar surface area (TPSA) is 43.4 Å². The van der Waals surface area contributed by atoms with E-state index in [-0.39, 0.29) is 17.9 Å². The molecule has 1 aliphatic carbocycles. The van der Waals surface area contributed by atoms with Gasteiger partial charge in [-0.25, -0.2) is 0 Å². The molecule has 0 unspecified atom stereocenters. The predicted molar refractivity (Wildman–Crippen MR) is 50.4 cm³/mol. The van der Waals surface area contributed by atoms with Crippen LogP contribution in [0, 0.1) is 11.8 Å². The van der Waals surface area contributed by atoms with Gasteiger partial charge in [-0.3, -0.25) is 9.59 Å². The molecule has 0 aromatic rings. The van der Waals surface area contributed by atoms with E-state index in [0.29, 0.717) is 18.8 Å². The first-order chi connectivity index (χ1) is 6.75. The zero-order valence-corrected chi connectivity index (χ0v) is 8.33. The van der Waals surface area contributed by atoms with Crippen molar-refractivity contribution in [3.8, 4) is 0 Å². The molecule has 78 valence electrons. The van der Waals surface area contributed by atoms with Gasteiger partial charge >= 0.3 is 11.9 Å². The predicted octanol–water partition coefficient (Wildman–Crippen LogP) is 2.05. The van der Waals surface area contributed by atoms with Gasteiger partial charge in [0.05, 0.1) is 0 Å². The standard InChI is InChI=1S/C11H16O3/c12-10-6-9(7-11(13)14-10)8-4-2-1-3-5-8/h8-9H,1-7H2. The first-order valence-electron chi connectivity index (χ1n) is 5.49. The summed E-state index contributed by atoms with van der Waals surface area (Å²) in [7, 11) is 0. The molecule has 2 fully saturated rings. The number of hydrogen-bond donors (Lipinski definition) is 0. The van der Waals surface area contributed by atoms with Gasteiger partial charge in [-0.15, -0.1) is 0 Å². The molecule has 14 heavy (non-hydrogen) atoms. The molecule has 0 aromatic carbocycles. The van der Waals surface area contributed by atoms with Crippen molar-refractivity contribution in [1.29, 1.82) is 0 Å². The summed E-state index contributed by atoms with van der Waals surface area (Å²) >= 11 is 0. The van der Waals surface area contributed by atoms with E-state index in [1.165, 1.54) is 32.1 Å². The fraction of sp³-hybridized carbons (Fsp3) is 0.818. The van der Waals surface area contributed by atoms with Gasteiger partial charge in [-0.1, -0.05) is 32.1 Å². The molecule has 0 atom stereocenters. The lowest BCUT2D eigenvalue weighted by molar-refractivity contribution is -0.166. The highest BCUT2D eigenvalue weighted by Gasteiger charge is 2.33. The fourth-order valence-corrected chi connectivity index (χ4v) is 2.65. The molecule has 0 spiro atoms. The molecule has 1 heterocycles. The van der Waals surface area contributed by atoms with Crippen molar-refractivity contribution < 1.29 is 14.3 Å². The highest BCUT2D eigenvalue weighted by Crippen LogP contribution is 2.35. The van der Waals surface area contributed by atoms with Crippen LogP contribution >= 0.6 is 0 Å². The summed E-state index contributed by atoms with van der Waals surface area (Å²) in [5, 5.41) is 0. The smallest absolute Gasteiger partial charge is 0.313 e. The van der Waals surface area contributed by atoms with Gasteiger partial charge < -0.3 is 4.74 Å². The number of carbonyl (C=O) groups is 2. The normalized spacial score (nSPS) is 26.3. The van der Waals surface area contributed by atoms with Crippen LogP contribution in [-0.2, 0) is 14.3 Å². The molecule has 2 aliphatic rings. The van der Waals surface area contributed by atoms with Crippen molar-refractivity contribution in [2.45, 2.75) is 44.9 Å². The second-order valence-corrected chi connectivity index (χ2v) is 4.41. The Morgan fingerprint density at radius 3 is 2.00 bits per heavy atom. The number of esters is 2. The minimum absolute atomic E-state index is 0.268. The van der Waals surface area contributed by atoms with Gasteiger partial charge in [0, 0.05) is 12.8 Å². The lowest BCUT2D eigenvalue weighted by Gasteiger charge is -2.31. The van der Waals surface area contributed by atoms with E-state index in [0.717, 1.165) is 0 Å². The van der Waals surface area contributed by atoms with E-state index in [4.69, 9.17) is 0 Å². The lowest BCUT2D eigenvalue weighted by Crippen LogP contribution is -2.31. The molecule has 3 nitrogen and oxygen atoms in total. The van der Waals surface area contributed by atoms with E-state index in [9.17, 15) is 9.59 Å². The summed E-state index contributed by atoms with van der Waals surface area (Å²) < 4.78 is 4.53. The van der Waals surface area contributed by atoms with E-state index in [1.807, 2.05) is 0 Å². The molecule has 0 bridgehead atoms. The highest BCUT2D eigenvalue weighted by atomic mass is 16.6. The van der Waals surface area contributed by atoms with Gasteiger partial charge in [0.2, 0.25) is 0 Å². The van der Waals surface area contributed by atoms with Crippen LogP contribution in [0.5, 0.6) is 0 Å². The zero-order chi connectivity index (χ0) is 9.97. The SMILES string of the molecule is O=C1CC(C2CCCCC2)CC(=O)O1. The van der Waals surface area contributed by atoms with Crippen molar-refractivity contribution in [2.75, 3.05) is 0 Å². The highest BCUT2D eigenvalue weighted by molar-refractivity contribution is 5.88. The summed E-state index contributed by atoms with van der Waals surface area (Å²) in [5.74, 6) is 0.207. The van der Waals surface area contributed by atoms with Crippen molar-refractivity contribution >= 4 is 11.9 Å². The molecule has 0 amide bonds. The van der Waals surface area contributed by atoms with Crippen LogP contribution in [0.3, 0.4) is 0 Å². The van der Waals surface area contributed by atoms with Crippen LogP contribution in [0.4, 0.5) is 0 Å². The molecule has 0 N–H and O–H groups in total. The second kappa shape index (κ2) is 4.11. The molecule has 3 heteroatoms. The monoisotopic (exact) mass is 196 g/mol. The van der Waals surface area contributed by atoms with E-state index < -0.39 is 0 Å². The second-order valence-electron chi connectivity index (χ2n) is 4.41. The third-order valence-corrected chi connectivity index (χ3v) is 3.40. The molecule has 0 aromatic heterocycles. The van der Waals surface area contributed by atoms with E-state index in [1.54, 1.807) is 0 Å². The maximum absolute atomic E-state index is 11.1. The van der Waals surface area contributed by atoms with Gasteiger partial charge in [-0.2, -0.15) is 0 Å². The number of cyclic esters (lactones) is 2. The number of hydrogen-bond acceptors (Lipinski definition) is 3. The fourth-order valence-electron chi connectivity index (χ4n) is 2.65. The zero-order valence-electron chi connectivity index (χ0n) is 8.33. The van der Waals surface area contributed by atoms with Crippen molar-refractivity contribution in [1.82, 2.24) is 0 Å². The van der Waals surface area contributed by atoms with Crippen molar-refractivity contribution in [3.63, 3.8) is 0 Å². The van der Waals surface area contributed by atoms with Crippen LogP contribution in [-0.4, -0.2) is 11.9 Å². The minimum atomic E-state index is -0.322. The van der Waals surface area contributed by atoms with E-state index >= 15 is 0 Å². The maximum Gasteiger partial charge on any atom is 0.313 e. The molecule has 1 saturated carbocycles. The van der Waals surface area contributed by atoms with Gasteiger partial charge in [0.25, 0.3) is 0 Å². The third-order valence-electron chi connectivity index (χ3n) is 3.40. The van der Waals surface area contributed by atoms with Crippen LogP contribution in [0.1, 0.15) is 44.9 Å². The van der Waals surface area contributed by atoms with Gasteiger partial charge in [0.15, 0.2) is 0 Å². The Labute approximate surface area is 83.8 Å². The first kappa shape index (κ1) is 9.69.